The molecule has 0 radical (unpaired) electrons. The normalized spacial score (nSPS) is 25.9. The van der Waals surface area contributed by atoms with E-state index in [1.165, 1.54) is 5.56 Å². The minimum absolute atomic E-state index is 0.0484. The van der Waals surface area contributed by atoms with E-state index in [1.54, 1.807) is 62.4 Å². The molecule has 3 aromatic carbocycles. The van der Waals surface area contributed by atoms with Gasteiger partial charge in [0.1, 0.15) is 12.7 Å². The maximum Gasteiger partial charge on any atom is 0.340 e. The SMILES string of the molecule is CC1CC(=O)N(c2ccccc2C(=O)OCC23CCCC(CN(CCCc4ccccc4)C2)C3OC(=O)c2ccccc2N2C(=O)CC(C)C2=O)C1=O. The molecule has 4 amide bonds. The maximum atomic E-state index is 14.1. The van der Waals surface area contributed by atoms with E-state index >= 15 is 0 Å². The molecule has 1 aliphatic carbocycles. The summed E-state index contributed by atoms with van der Waals surface area (Å²) in [6, 6.07) is 23.3. The predicted octanol–water partition coefficient (Wildman–Crippen LogP) is 5.60. The van der Waals surface area contributed by atoms with Crippen molar-refractivity contribution in [3.05, 3.63) is 95.6 Å². The Hall–Kier alpha value is -5.16. The molecule has 11 heteroatoms. The number of hydrogen-bond donors (Lipinski definition) is 0. The lowest BCUT2D eigenvalue weighted by atomic mass is 9.64. The van der Waals surface area contributed by atoms with Crippen molar-refractivity contribution < 1.29 is 38.2 Å². The second-order valence-electron chi connectivity index (χ2n) is 15.1. The number of hydrogen-bond acceptors (Lipinski definition) is 9. The van der Waals surface area contributed by atoms with Gasteiger partial charge in [0, 0.05) is 43.7 Å². The van der Waals surface area contributed by atoms with Gasteiger partial charge in [-0.15, -0.1) is 0 Å². The summed E-state index contributed by atoms with van der Waals surface area (Å²) in [6.07, 6.45) is 3.66. The van der Waals surface area contributed by atoms with E-state index in [0.29, 0.717) is 19.5 Å². The van der Waals surface area contributed by atoms with Crippen molar-refractivity contribution in [3.8, 4) is 0 Å². The number of imide groups is 2. The molecule has 53 heavy (non-hydrogen) atoms. The van der Waals surface area contributed by atoms with Crippen LogP contribution in [0.4, 0.5) is 11.4 Å². The van der Waals surface area contributed by atoms with Crippen LogP contribution in [0.1, 0.15) is 78.7 Å². The van der Waals surface area contributed by atoms with Crippen molar-refractivity contribution >= 4 is 46.9 Å². The van der Waals surface area contributed by atoms with E-state index in [-0.39, 0.29) is 71.5 Å². The van der Waals surface area contributed by atoms with Crippen molar-refractivity contribution in [1.29, 1.82) is 0 Å². The monoisotopic (exact) mass is 719 g/mol. The first-order chi connectivity index (χ1) is 25.6. The average Bonchev–Trinajstić information content (AvgIpc) is 3.56. The molecule has 0 N–H and O–H groups in total. The Morgan fingerprint density at radius 1 is 0.755 bits per heavy atom. The molecule has 276 valence electrons. The summed E-state index contributed by atoms with van der Waals surface area (Å²) in [7, 11) is 0. The lowest BCUT2D eigenvalue weighted by Crippen LogP contribution is -2.62. The lowest BCUT2D eigenvalue weighted by Gasteiger charge is -2.54. The lowest BCUT2D eigenvalue weighted by molar-refractivity contribution is -0.140. The van der Waals surface area contributed by atoms with Gasteiger partial charge >= 0.3 is 11.9 Å². The predicted molar refractivity (Wildman–Crippen MR) is 196 cm³/mol. The number of amides is 4. The number of nitrogens with zero attached hydrogens (tertiary/aromatic N) is 3. The molecule has 1 saturated carbocycles. The largest absolute Gasteiger partial charge is 0.461 e. The van der Waals surface area contributed by atoms with Crippen LogP contribution in [0.15, 0.2) is 78.9 Å². The Balaban J connectivity index is 1.15. The van der Waals surface area contributed by atoms with E-state index in [2.05, 4.69) is 17.0 Å². The van der Waals surface area contributed by atoms with Gasteiger partial charge < -0.3 is 14.4 Å². The standard InChI is InChI=1S/C42H45N3O8/c1-27-22-35(46)44(38(27)48)33-18-8-6-16-31(33)40(50)52-26-42-20-10-15-30(24-43(25-42)21-11-14-29-12-4-3-5-13-29)37(42)53-41(51)32-17-7-9-19-34(32)45-36(47)23-28(2)39(45)49/h3-9,12-13,16-19,27-28,30,37H,10-11,14-15,20-26H2,1-2H3. The van der Waals surface area contributed by atoms with E-state index in [4.69, 9.17) is 9.47 Å². The number of esters is 2. The van der Waals surface area contributed by atoms with Gasteiger partial charge in [0.25, 0.3) is 0 Å². The number of fused-ring (bicyclic) bond motifs is 2. The fourth-order valence-electron chi connectivity index (χ4n) is 8.67. The van der Waals surface area contributed by atoms with Gasteiger partial charge in [0.15, 0.2) is 0 Å². The number of piperidine rings is 1. The molecule has 3 heterocycles. The fraction of sp³-hybridized carbons (Fsp3) is 0.429. The van der Waals surface area contributed by atoms with Gasteiger partial charge in [-0.2, -0.15) is 0 Å². The molecule has 11 nitrogen and oxygen atoms in total. The van der Waals surface area contributed by atoms with E-state index in [1.807, 2.05) is 18.2 Å². The number of ether oxygens (including phenoxy) is 2. The first-order valence-corrected chi connectivity index (χ1v) is 18.6. The number of aryl methyl sites for hydroxylation is 1. The van der Waals surface area contributed by atoms with Gasteiger partial charge in [-0.1, -0.05) is 74.9 Å². The molecule has 5 unspecified atom stereocenters. The van der Waals surface area contributed by atoms with Crippen LogP contribution in [0.2, 0.25) is 0 Å². The Morgan fingerprint density at radius 2 is 1.32 bits per heavy atom. The third kappa shape index (κ3) is 7.14. The van der Waals surface area contributed by atoms with E-state index in [0.717, 1.165) is 42.0 Å². The van der Waals surface area contributed by atoms with Crippen molar-refractivity contribution in [2.75, 3.05) is 36.0 Å². The quantitative estimate of drug-likeness (QED) is 0.184. The summed E-state index contributed by atoms with van der Waals surface area (Å²) in [6.45, 7) is 5.36. The van der Waals surface area contributed by atoms with Crippen LogP contribution in [-0.2, 0) is 35.1 Å². The molecule has 2 bridgehead atoms. The van der Waals surface area contributed by atoms with Crippen LogP contribution in [0.25, 0.3) is 0 Å². The van der Waals surface area contributed by atoms with Gasteiger partial charge in [0.05, 0.1) is 27.9 Å². The van der Waals surface area contributed by atoms with Crippen molar-refractivity contribution in [2.24, 2.45) is 23.2 Å². The molecular formula is C42H45N3O8. The summed E-state index contributed by atoms with van der Waals surface area (Å²) < 4.78 is 12.6. The van der Waals surface area contributed by atoms with Crippen molar-refractivity contribution in [1.82, 2.24) is 4.90 Å². The van der Waals surface area contributed by atoms with Crippen molar-refractivity contribution in [2.45, 2.75) is 64.9 Å². The third-order valence-corrected chi connectivity index (χ3v) is 11.3. The highest BCUT2D eigenvalue weighted by molar-refractivity contribution is 6.23. The number of benzene rings is 3. The van der Waals surface area contributed by atoms with E-state index in [9.17, 15) is 28.8 Å². The number of carbonyl (C=O) groups is 6. The van der Waals surface area contributed by atoms with Crippen LogP contribution in [0, 0.1) is 23.2 Å². The third-order valence-electron chi connectivity index (χ3n) is 11.3. The van der Waals surface area contributed by atoms with Crippen LogP contribution in [0.5, 0.6) is 0 Å². The zero-order valence-corrected chi connectivity index (χ0v) is 30.2. The molecular weight excluding hydrogens is 674 g/mol. The highest BCUT2D eigenvalue weighted by Gasteiger charge is 2.54. The van der Waals surface area contributed by atoms with Gasteiger partial charge in [-0.05, 0) is 62.1 Å². The Morgan fingerprint density at radius 3 is 1.91 bits per heavy atom. The van der Waals surface area contributed by atoms with Crippen LogP contribution in [0.3, 0.4) is 0 Å². The Kier molecular flexibility index (Phi) is 10.3. The fourth-order valence-corrected chi connectivity index (χ4v) is 8.67. The molecule has 3 saturated heterocycles. The van der Waals surface area contributed by atoms with Crippen LogP contribution in [-0.4, -0.2) is 72.8 Å². The molecule has 3 aromatic rings. The molecule has 0 spiro atoms. The molecule has 0 aromatic heterocycles. The molecule has 7 rings (SSSR count). The highest BCUT2D eigenvalue weighted by Crippen LogP contribution is 2.47. The van der Waals surface area contributed by atoms with Crippen LogP contribution < -0.4 is 9.80 Å². The maximum absolute atomic E-state index is 14.1. The number of rotatable bonds is 11. The van der Waals surface area contributed by atoms with E-state index < -0.39 is 35.3 Å². The summed E-state index contributed by atoms with van der Waals surface area (Å²) in [5.41, 5.74) is 1.14. The Bertz CT molecular complexity index is 1930. The highest BCUT2D eigenvalue weighted by atomic mass is 16.6. The van der Waals surface area contributed by atoms with Gasteiger partial charge in [0.2, 0.25) is 23.6 Å². The topological polar surface area (TPSA) is 131 Å². The van der Waals surface area contributed by atoms with Crippen LogP contribution >= 0.6 is 0 Å². The smallest absolute Gasteiger partial charge is 0.340 e. The first-order valence-electron chi connectivity index (χ1n) is 18.6. The number of anilines is 2. The minimum atomic E-state index is -0.759. The average molecular weight is 720 g/mol. The first kappa shape index (κ1) is 36.2. The molecule has 4 aliphatic rings. The molecule has 5 atom stereocenters. The van der Waals surface area contributed by atoms with Gasteiger partial charge in [-0.3, -0.25) is 19.2 Å². The minimum Gasteiger partial charge on any atom is -0.461 e. The zero-order valence-electron chi connectivity index (χ0n) is 30.2. The summed E-state index contributed by atoms with van der Waals surface area (Å²) in [5.74, 6) is -3.77. The number of carbonyl (C=O) groups excluding carboxylic acids is 6. The number of likely N-dealkylation sites (tertiary alicyclic amines) is 1. The second kappa shape index (κ2) is 15.1. The summed E-state index contributed by atoms with van der Waals surface area (Å²) in [5, 5.41) is 0. The second-order valence-corrected chi connectivity index (χ2v) is 15.1. The molecule has 4 fully saturated rings. The molecule has 3 aliphatic heterocycles. The summed E-state index contributed by atoms with van der Waals surface area (Å²) in [4.78, 5) is 84.2. The number of para-hydroxylation sites is 2. The zero-order chi connectivity index (χ0) is 37.3. The summed E-state index contributed by atoms with van der Waals surface area (Å²) >= 11 is 0. The van der Waals surface area contributed by atoms with Crippen molar-refractivity contribution in [3.63, 3.8) is 0 Å². The van der Waals surface area contributed by atoms with Gasteiger partial charge in [-0.25, -0.2) is 19.4 Å². The Labute approximate surface area is 309 Å².